The van der Waals surface area contributed by atoms with Gasteiger partial charge in [-0.05, 0) is 38.3 Å². The van der Waals surface area contributed by atoms with Crippen molar-refractivity contribution < 1.29 is 4.79 Å². The fraction of sp³-hybridized carbons (Fsp3) is 0.667. The Morgan fingerprint density at radius 1 is 1.20 bits per heavy atom. The molecule has 112 valence electrons. The van der Waals surface area contributed by atoms with Gasteiger partial charge in [-0.2, -0.15) is 0 Å². The predicted molar refractivity (Wildman–Crippen MR) is 81.8 cm³/mol. The monoisotopic (exact) mass is 278 g/mol. The van der Waals surface area contributed by atoms with Gasteiger partial charge in [0.15, 0.2) is 5.69 Å². The minimum atomic E-state index is -0.184. The van der Waals surface area contributed by atoms with Crippen molar-refractivity contribution in [3.8, 4) is 0 Å². The van der Waals surface area contributed by atoms with E-state index in [0.29, 0.717) is 18.3 Å². The van der Waals surface area contributed by atoms with Crippen LogP contribution in [0.15, 0.2) is 12.1 Å². The average Bonchev–Trinajstić information content (AvgIpc) is 2.39. The van der Waals surface area contributed by atoms with E-state index in [-0.39, 0.29) is 5.91 Å². The molecular formula is C15H26N4O. The quantitative estimate of drug-likeness (QED) is 0.767. The summed E-state index contributed by atoms with van der Waals surface area (Å²) in [4.78, 5) is 11.5. The number of carbonyl (C=O) groups excluding carboxylic acids is 1. The zero-order valence-corrected chi connectivity index (χ0v) is 12.9. The van der Waals surface area contributed by atoms with E-state index in [1.165, 1.54) is 12.8 Å². The Hall–Kier alpha value is -1.65. The Kier molecular flexibility index (Phi) is 6.98. The first-order valence-electron chi connectivity index (χ1n) is 7.41. The van der Waals surface area contributed by atoms with Gasteiger partial charge in [-0.25, -0.2) is 0 Å². The molecule has 0 aliphatic rings. The van der Waals surface area contributed by atoms with Gasteiger partial charge in [0.1, 0.15) is 5.82 Å². The van der Waals surface area contributed by atoms with Crippen LogP contribution in [0.2, 0.25) is 0 Å². The van der Waals surface area contributed by atoms with Gasteiger partial charge >= 0.3 is 0 Å². The van der Waals surface area contributed by atoms with Crippen molar-refractivity contribution in [1.82, 2.24) is 15.5 Å². The molecule has 0 aromatic carbocycles. The summed E-state index contributed by atoms with van der Waals surface area (Å²) in [6.07, 6.45) is 3.56. The van der Waals surface area contributed by atoms with Crippen molar-refractivity contribution in [1.29, 1.82) is 0 Å². The molecule has 1 atom stereocenters. The van der Waals surface area contributed by atoms with Crippen LogP contribution in [0.5, 0.6) is 0 Å². The maximum atomic E-state index is 11.5. The number of nitrogens with zero attached hydrogens (tertiary/aromatic N) is 2. The SMILES string of the molecule is CCNC(=O)c1ccc(NC(C)CCCC(C)C)nn1. The van der Waals surface area contributed by atoms with Crippen molar-refractivity contribution in [2.45, 2.75) is 53.0 Å². The molecule has 1 aromatic rings. The van der Waals surface area contributed by atoms with Gasteiger partial charge in [0.05, 0.1) is 0 Å². The third kappa shape index (κ3) is 5.99. The zero-order valence-electron chi connectivity index (χ0n) is 12.9. The van der Waals surface area contributed by atoms with E-state index in [9.17, 15) is 4.79 Å². The third-order valence-corrected chi connectivity index (χ3v) is 3.05. The molecule has 1 aromatic heterocycles. The summed E-state index contributed by atoms with van der Waals surface area (Å²) in [6, 6.07) is 3.86. The van der Waals surface area contributed by atoms with Crippen LogP contribution < -0.4 is 10.6 Å². The van der Waals surface area contributed by atoms with Crippen LogP contribution in [-0.4, -0.2) is 28.7 Å². The van der Waals surface area contributed by atoms with E-state index in [4.69, 9.17) is 0 Å². The average molecular weight is 278 g/mol. The molecule has 0 saturated carbocycles. The van der Waals surface area contributed by atoms with E-state index in [1.807, 2.05) is 6.92 Å². The third-order valence-electron chi connectivity index (χ3n) is 3.05. The lowest BCUT2D eigenvalue weighted by Crippen LogP contribution is -2.24. The van der Waals surface area contributed by atoms with Crippen LogP contribution in [0.3, 0.4) is 0 Å². The number of hydrogen-bond acceptors (Lipinski definition) is 4. The summed E-state index contributed by atoms with van der Waals surface area (Å²) in [5, 5.41) is 14.0. The summed E-state index contributed by atoms with van der Waals surface area (Å²) >= 11 is 0. The Bertz CT molecular complexity index is 403. The van der Waals surface area contributed by atoms with Gasteiger partial charge in [-0.15, -0.1) is 10.2 Å². The fourth-order valence-electron chi connectivity index (χ4n) is 1.94. The van der Waals surface area contributed by atoms with Gasteiger partial charge in [0.25, 0.3) is 5.91 Å². The summed E-state index contributed by atoms with van der Waals surface area (Å²) in [6.45, 7) is 9.08. The zero-order chi connectivity index (χ0) is 15.0. The van der Waals surface area contributed by atoms with E-state index in [2.05, 4.69) is 41.6 Å². The molecule has 0 aliphatic carbocycles. The van der Waals surface area contributed by atoms with Crippen LogP contribution in [0.1, 0.15) is 57.4 Å². The van der Waals surface area contributed by atoms with Crippen molar-refractivity contribution in [3.05, 3.63) is 17.8 Å². The molecule has 5 heteroatoms. The van der Waals surface area contributed by atoms with Gasteiger partial charge in [-0.1, -0.05) is 26.7 Å². The van der Waals surface area contributed by atoms with Crippen LogP contribution in [0.4, 0.5) is 5.82 Å². The molecule has 1 rings (SSSR count). The number of nitrogens with one attached hydrogen (secondary N) is 2. The Labute approximate surface area is 121 Å². The van der Waals surface area contributed by atoms with E-state index < -0.39 is 0 Å². The second-order valence-corrected chi connectivity index (χ2v) is 5.53. The summed E-state index contributed by atoms with van der Waals surface area (Å²) < 4.78 is 0. The Morgan fingerprint density at radius 2 is 1.95 bits per heavy atom. The highest BCUT2D eigenvalue weighted by molar-refractivity contribution is 5.92. The highest BCUT2D eigenvalue weighted by Crippen LogP contribution is 2.11. The van der Waals surface area contributed by atoms with Crippen LogP contribution in [-0.2, 0) is 0 Å². The van der Waals surface area contributed by atoms with Gasteiger partial charge in [-0.3, -0.25) is 4.79 Å². The first-order valence-corrected chi connectivity index (χ1v) is 7.41. The molecule has 5 nitrogen and oxygen atoms in total. The lowest BCUT2D eigenvalue weighted by atomic mass is 10.0. The van der Waals surface area contributed by atoms with Crippen molar-refractivity contribution in [2.75, 3.05) is 11.9 Å². The second kappa shape index (κ2) is 8.51. The lowest BCUT2D eigenvalue weighted by Gasteiger charge is -2.14. The number of amides is 1. The molecule has 0 radical (unpaired) electrons. The van der Waals surface area contributed by atoms with E-state index in [1.54, 1.807) is 12.1 Å². The first-order chi connectivity index (χ1) is 9.52. The summed E-state index contributed by atoms with van der Waals surface area (Å²) in [5.41, 5.74) is 0.352. The first kappa shape index (κ1) is 16.4. The fourth-order valence-corrected chi connectivity index (χ4v) is 1.94. The molecule has 20 heavy (non-hydrogen) atoms. The molecule has 1 unspecified atom stereocenters. The van der Waals surface area contributed by atoms with E-state index >= 15 is 0 Å². The minimum Gasteiger partial charge on any atom is -0.366 e. The van der Waals surface area contributed by atoms with Crippen molar-refractivity contribution >= 4 is 11.7 Å². The van der Waals surface area contributed by atoms with Crippen LogP contribution in [0.25, 0.3) is 0 Å². The lowest BCUT2D eigenvalue weighted by molar-refractivity contribution is 0.0950. The normalized spacial score (nSPS) is 12.2. The number of carbonyl (C=O) groups is 1. The molecule has 2 N–H and O–H groups in total. The topological polar surface area (TPSA) is 66.9 Å². The van der Waals surface area contributed by atoms with Crippen molar-refractivity contribution in [3.63, 3.8) is 0 Å². The molecule has 0 bridgehead atoms. The molecule has 1 heterocycles. The highest BCUT2D eigenvalue weighted by Gasteiger charge is 2.08. The van der Waals surface area contributed by atoms with Gasteiger partial charge < -0.3 is 10.6 Å². The van der Waals surface area contributed by atoms with Crippen molar-refractivity contribution in [2.24, 2.45) is 5.92 Å². The smallest absolute Gasteiger partial charge is 0.271 e. The van der Waals surface area contributed by atoms with Crippen LogP contribution in [0, 0.1) is 5.92 Å². The largest absolute Gasteiger partial charge is 0.366 e. The van der Waals surface area contributed by atoms with Crippen LogP contribution >= 0.6 is 0 Å². The number of anilines is 1. The maximum Gasteiger partial charge on any atom is 0.271 e. The second-order valence-electron chi connectivity index (χ2n) is 5.53. The number of rotatable bonds is 8. The van der Waals surface area contributed by atoms with Gasteiger partial charge in [0.2, 0.25) is 0 Å². The summed E-state index contributed by atoms with van der Waals surface area (Å²) in [7, 11) is 0. The molecule has 1 amide bonds. The van der Waals surface area contributed by atoms with E-state index in [0.717, 1.165) is 18.2 Å². The highest BCUT2D eigenvalue weighted by atomic mass is 16.1. The molecule has 0 fully saturated rings. The Morgan fingerprint density at radius 3 is 2.50 bits per heavy atom. The summed E-state index contributed by atoms with van der Waals surface area (Å²) in [5.74, 6) is 1.28. The Balaban J connectivity index is 2.42. The molecule has 0 aliphatic heterocycles. The molecular weight excluding hydrogens is 252 g/mol. The standard InChI is InChI=1S/C15H26N4O/c1-5-16-15(20)13-9-10-14(19-18-13)17-12(4)8-6-7-11(2)3/h9-12H,5-8H2,1-4H3,(H,16,20)(H,17,19). The van der Waals surface area contributed by atoms with Gasteiger partial charge in [0, 0.05) is 12.6 Å². The predicted octanol–water partition coefficient (Wildman–Crippen LogP) is 2.85. The number of aromatic nitrogens is 2. The minimum absolute atomic E-state index is 0.184. The molecule has 0 saturated heterocycles. The maximum absolute atomic E-state index is 11.5. The number of hydrogen-bond donors (Lipinski definition) is 2. The molecule has 0 spiro atoms.